The van der Waals surface area contributed by atoms with Crippen molar-refractivity contribution >= 4 is 5.91 Å². The van der Waals surface area contributed by atoms with Crippen molar-refractivity contribution in [1.82, 2.24) is 4.90 Å². The van der Waals surface area contributed by atoms with E-state index in [2.05, 4.69) is 0 Å². The highest BCUT2D eigenvalue weighted by atomic mass is 16.5. The molecule has 1 aliphatic rings. The number of carbonyl (C=O) groups excluding carboxylic acids is 1. The maximum absolute atomic E-state index is 11.4. The molecule has 12 heavy (non-hydrogen) atoms. The molecule has 0 saturated carbocycles. The number of amides is 1. The first-order valence-electron chi connectivity index (χ1n) is 4.20. The molecule has 0 aromatic heterocycles. The fraction of sp³-hybridized carbons (Fsp3) is 0.875. The third kappa shape index (κ3) is 2.19. The average molecular weight is 172 g/mol. The summed E-state index contributed by atoms with van der Waals surface area (Å²) in [7, 11) is 0. The van der Waals surface area contributed by atoms with Crippen molar-refractivity contribution in [3.8, 4) is 0 Å². The Bertz CT molecular complexity index is 154. The zero-order valence-corrected chi connectivity index (χ0v) is 7.28. The highest BCUT2D eigenvalue weighted by molar-refractivity contribution is 5.78. The Morgan fingerprint density at radius 1 is 1.50 bits per heavy atom. The van der Waals surface area contributed by atoms with Crippen LogP contribution >= 0.6 is 0 Å². The van der Waals surface area contributed by atoms with E-state index >= 15 is 0 Å². The van der Waals surface area contributed by atoms with Gasteiger partial charge in [0.25, 0.3) is 0 Å². The van der Waals surface area contributed by atoms with Crippen molar-refractivity contribution in [2.75, 3.05) is 32.9 Å². The summed E-state index contributed by atoms with van der Waals surface area (Å²) in [6.45, 7) is 3.79. The predicted octanol–water partition coefficient (Wildman–Crippen LogP) is -0.0882. The van der Waals surface area contributed by atoms with Gasteiger partial charge in [0.2, 0.25) is 5.91 Å². The van der Waals surface area contributed by atoms with Gasteiger partial charge in [-0.25, -0.2) is 5.11 Å². The minimum absolute atomic E-state index is 0.0340. The van der Waals surface area contributed by atoms with Crippen molar-refractivity contribution in [3.05, 3.63) is 0 Å². The SMILES string of the molecule is CC(C[O])C(=O)N1CCOCC1. The molecule has 1 fully saturated rings. The molecule has 0 bridgehead atoms. The first kappa shape index (κ1) is 9.48. The molecule has 1 unspecified atom stereocenters. The number of nitrogens with zero attached hydrogens (tertiary/aromatic N) is 1. The molecule has 1 heterocycles. The Hall–Kier alpha value is -0.610. The Balaban J connectivity index is 2.39. The van der Waals surface area contributed by atoms with Crippen LogP contribution in [0.5, 0.6) is 0 Å². The van der Waals surface area contributed by atoms with Crippen LogP contribution in [0.3, 0.4) is 0 Å². The molecule has 0 N–H and O–H groups in total. The highest BCUT2D eigenvalue weighted by Gasteiger charge is 2.21. The van der Waals surface area contributed by atoms with Gasteiger partial charge in [-0.05, 0) is 0 Å². The van der Waals surface area contributed by atoms with Crippen LogP contribution in [-0.2, 0) is 14.6 Å². The van der Waals surface area contributed by atoms with Crippen molar-refractivity contribution in [2.45, 2.75) is 6.92 Å². The summed E-state index contributed by atoms with van der Waals surface area (Å²) in [6.07, 6.45) is 0. The minimum Gasteiger partial charge on any atom is -0.378 e. The van der Waals surface area contributed by atoms with Crippen LogP contribution in [0.2, 0.25) is 0 Å². The van der Waals surface area contributed by atoms with E-state index in [0.717, 1.165) is 0 Å². The van der Waals surface area contributed by atoms with E-state index in [-0.39, 0.29) is 18.4 Å². The van der Waals surface area contributed by atoms with E-state index in [1.165, 1.54) is 0 Å². The van der Waals surface area contributed by atoms with E-state index in [4.69, 9.17) is 4.74 Å². The van der Waals surface area contributed by atoms with E-state index in [0.29, 0.717) is 26.3 Å². The lowest BCUT2D eigenvalue weighted by Crippen LogP contribution is -2.43. The first-order chi connectivity index (χ1) is 5.75. The lowest BCUT2D eigenvalue weighted by Gasteiger charge is -2.28. The molecule has 0 aliphatic carbocycles. The molecule has 69 valence electrons. The van der Waals surface area contributed by atoms with Gasteiger partial charge >= 0.3 is 0 Å². The zero-order valence-electron chi connectivity index (χ0n) is 7.28. The van der Waals surface area contributed by atoms with Crippen LogP contribution < -0.4 is 0 Å². The maximum Gasteiger partial charge on any atom is 0.228 e. The molecule has 1 radical (unpaired) electrons. The third-order valence-electron chi connectivity index (χ3n) is 1.99. The lowest BCUT2D eigenvalue weighted by atomic mass is 10.1. The Morgan fingerprint density at radius 3 is 2.58 bits per heavy atom. The standard InChI is InChI=1S/C8H14NO3/c1-7(6-10)8(11)9-2-4-12-5-3-9/h7H,2-6H2,1H3. The van der Waals surface area contributed by atoms with E-state index in [1.807, 2.05) is 0 Å². The summed E-state index contributed by atoms with van der Waals surface area (Å²) in [6, 6.07) is 0. The van der Waals surface area contributed by atoms with Crippen LogP contribution in [0.15, 0.2) is 0 Å². The molecule has 4 nitrogen and oxygen atoms in total. The minimum atomic E-state index is -0.386. The van der Waals surface area contributed by atoms with Crippen LogP contribution in [0.4, 0.5) is 0 Å². The second-order valence-corrected chi connectivity index (χ2v) is 3.01. The second-order valence-electron chi connectivity index (χ2n) is 3.01. The normalized spacial score (nSPS) is 20.7. The number of morpholine rings is 1. The molecule has 1 amide bonds. The van der Waals surface area contributed by atoms with Crippen molar-refractivity contribution in [3.63, 3.8) is 0 Å². The smallest absolute Gasteiger partial charge is 0.228 e. The van der Waals surface area contributed by atoms with Crippen molar-refractivity contribution < 1.29 is 14.6 Å². The van der Waals surface area contributed by atoms with Gasteiger partial charge in [-0.15, -0.1) is 0 Å². The third-order valence-corrected chi connectivity index (χ3v) is 1.99. The molecule has 1 rings (SSSR count). The molecule has 1 saturated heterocycles. The topological polar surface area (TPSA) is 49.4 Å². The molecule has 0 aromatic rings. The molecule has 4 heteroatoms. The maximum atomic E-state index is 11.4. The Labute approximate surface area is 72.1 Å². The Kier molecular flexibility index (Phi) is 3.49. The number of carbonyl (C=O) groups is 1. The predicted molar refractivity (Wildman–Crippen MR) is 42.1 cm³/mol. The summed E-state index contributed by atoms with van der Waals surface area (Å²) in [5.41, 5.74) is 0. The Morgan fingerprint density at radius 2 is 2.08 bits per heavy atom. The average Bonchev–Trinajstić information content (AvgIpc) is 2.17. The van der Waals surface area contributed by atoms with Crippen molar-refractivity contribution in [1.29, 1.82) is 0 Å². The number of rotatable bonds is 2. The summed E-state index contributed by atoms with van der Waals surface area (Å²) >= 11 is 0. The lowest BCUT2D eigenvalue weighted by molar-refractivity contribution is -0.140. The van der Waals surface area contributed by atoms with Crippen LogP contribution in [0.25, 0.3) is 0 Å². The van der Waals surface area contributed by atoms with E-state index in [9.17, 15) is 9.90 Å². The van der Waals surface area contributed by atoms with Crippen LogP contribution in [-0.4, -0.2) is 43.7 Å². The fourth-order valence-corrected chi connectivity index (χ4v) is 1.17. The first-order valence-corrected chi connectivity index (χ1v) is 4.20. The van der Waals surface area contributed by atoms with E-state index < -0.39 is 0 Å². The highest BCUT2D eigenvalue weighted by Crippen LogP contribution is 2.04. The van der Waals surface area contributed by atoms with Gasteiger partial charge in [0.1, 0.15) is 0 Å². The molecule has 0 aromatic carbocycles. The van der Waals surface area contributed by atoms with Crippen LogP contribution in [0.1, 0.15) is 6.92 Å². The number of hydrogen-bond donors (Lipinski definition) is 0. The quantitative estimate of drug-likeness (QED) is 0.584. The van der Waals surface area contributed by atoms with Gasteiger partial charge < -0.3 is 9.64 Å². The van der Waals surface area contributed by atoms with Gasteiger partial charge in [0, 0.05) is 13.1 Å². The largest absolute Gasteiger partial charge is 0.378 e. The molecule has 1 atom stereocenters. The molecule has 1 aliphatic heterocycles. The molecular weight excluding hydrogens is 158 g/mol. The van der Waals surface area contributed by atoms with Gasteiger partial charge in [0.05, 0.1) is 25.7 Å². The van der Waals surface area contributed by atoms with E-state index in [1.54, 1.807) is 11.8 Å². The van der Waals surface area contributed by atoms with Gasteiger partial charge in [-0.2, -0.15) is 0 Å². The van der Waals surface area contributed by atoms with Crippen molar-refractivity contribution in [2.24, 2.45) is 5.92 Å². The summed E-state index contributed by atoms with van der Waals surface area (Å²) < 4.78 is 5.09. The fourth-order valence-electron chi connectivity index (χ4n) is 1.17. The molecular formula is C8H14NO3. The molecule has 0 spiro atoms. The zero-order chi connectivity index (χ0) is 8.97. The number of hydrogen-bond acceptors (Lipinski definition) is 2. The summed E-state index contributed by atoms with van der Waals surface area (Å²) in [5, 5.41) is 10.4. The number of ether oxygens (including phenoxy) is 1. The van der Waals surface area contributed by atoms with Gasteiger partial charge in [0.15, 0.2) is 0 Å². The van der Waals surface area contributed by atoms with Crippen LogP contribution in [0, 0.1) is 5.92 Å². The monoisotopic (exact) mass is 172 g/mol. The van der Waals surface area contributed by atoms with Gasteiger partial charge in [-0.3, -0.25) is 4.79 Å². The summed E-state index contributed by atoms with van der Waals surface area (Å²) in [5.74, 6) is -0.420. The second kappa shape index (κ2) is 4.42. The summed E-state index contributed by atoms with van der Waals surface area (Å²) in [4.78, 5) is 13.1. The van der Waals surface area contributed by atoms with Gasteiger partial charge in [-0.1, -0.05) is 6.92 Å².